The van der Waals surface area contributed by atoms with Crippen molar-refractivity contribution in [1.82, 2.24) is 19.4 Å². The standard InChI is InChI=1S/C32H37N7O5.C4H9NO2/c1-6-29(40)34-23-17-24(28(43-5)18-26(23)37(4)13-14-38(20(2)3)32(41)42)36-31-33-12-11-22(35-31)30-21-9-7-8-10-25(21)39-15-16-44-19-27(30)39;1-3(2)7-4(5)6/h6-12,17-18,20H,1,13-16,19H2,2-5H3,(H,34,40)(H,41,42)(H,33,35,36);3H,1-2H3,(H2,5,6). The third-order valence-corrected chi connectivity index (χ3v) is 8.00. The molecule has 0 spiro atoms. The van der Waals surface area contributed by atoms with E-state index in [9.17, 15) is 19.5 Å². The van der Waals surface area contributed by atoms with Gasteiger partial charge in [-0.3, -0.25) is 4.79 Å². The topological polar surface area (TPSA) is 186 Å². The van der Waals surface area contributed by atoms with Crippen LogP contribution in [-0.4, -0.2) is 88.6 Å². The zero-order valence-corrected chi connectivity index (χ0v) is 29.8. The number of hydrogen-bond acceptors (Lipinski definition) is 10. The van der Waals surface area contributed by atoms with Crippen molar-refractivity contribution in [3.05, 3.63) is 67.0 Å². The van der Waals surface area contributed by atoms with E-state index in [0.29, 0.717) is 48.5 Å². The Bertz CT molecular complexity index is 1870. The molecular formula is C36H46N8O7. The molecule has 0 bridgehead atoms. The minimum absolute atomic E-state index is 0.0995. The van der Waals surface area contributed by atoms with Crippen molar-refractivity contribution in [3.63, 3.8) is 0 Å². The molecule has 3 amide bonds. The number of hydrogen-bond donors (Lipinski definition) is 4. The van der Waals surface area contributed by atoms with Crippen LogP contribution in [0.25, 0.3) is 22.2 Å². The third kappa shape index (κ3) is 9.45. The summed E-state index contributed by atoms with van der Waals surface area (Å²) >= 11 is 0. The average molecular weight is 703 g/mol. The fourth-order valence-corrected chi connectivity index (χ4v) is 5.67. The maximum atomic E-state index is 12.4. The van der Waals surface area contributed by atoms with Gasteiger partial charge in [0.1, 0.15) is 5.75 Å². The summed E-state index contributed by atoms with van der Waals surface area (Å²) in [5, 5.41) is 16.8. The molecule has 2 aromatic heterocycles. The van der Waals surface area contributed by atoms with Crippen LogP contribution in [0.2, 0.25) is 0 Å². The molecule has 15 heteroatoms. The highest BCUT2D eigenvalue weighted by molar-refractivity contribution is 6.02. The second-order valence-corrected chi connectivity index (χ2v) is 12.2. The van der Waals surface area contributed by atoms with Gasteiger partial charge in [-0.15, -0.1) is 0 Å². The second-order valence-electron chi connectivity index (χ2n) is 12.2. The predicted molar refractivity (Wildman–Crippen MR) is 197 cm³/mol. The lowest BCUT2D eigenvalue weighted by molar-refractivity contribution is -0.111. The van der Waals surface area contributed by atoms with E-state index in [2.05, 4.69) is 49.4 Å². The molecule has 0 fully saturated rings. The number of aromatic nitrogens is 3. The van der Waals surface area contributed by atoms with Crippen molar-refractivity contribution >= 4 is 52.0 Å². The average Bonchev–Trinajstić information content (AvgIpc) is 3.42. The van der Waals surface area contributed by atoms with E-state index in [1.54, 1.807) is 39.3 Å². The minimum atomic E-state index is -0.991. The fourth-order valence-electron chi connectivity index (χ4n) is 5.67. The fraction of sp³-hybridized carbons (Fsp3) is 0.361. The first-order valence-electron chi connectivity index (χ1n) is 16.4. The normalized spacial score (nSPS) is 12.0. The summed E-state index contributed by atoms with van der Waals surface area (Å²) in [5.74, 6) is 0.435. The van der Waals surface area contributed by atoms with Crippen molar-refractivity contribution in [2.45, 2.75) is 53.0 Å². The van der Waals surface area contributed by atoms with E-state index in [1.807, 2.05) is 44.0 Å². The van der Waals surface area contributed by atoms with Crippen LogP contribution in [-0.2, 0) is 27.4 Å². The number of amides is 3. The molecule has 0 unspecified atom stereocenters. The molecule has 5 N–H and O–H groups in total. The number of rotatable bonds is 12. The zero-order valence-electron chi connectivity index (χ0n) is 29.8. The smallest absolute Gasteiger partial charge is 0.407 e. The maximum absolute atomic E-state index is 12.4. The van der Waals surface area contributed by atoms with E-state index in [1.165, 1.54) is 11.0 Å². The number of carboxylic acid groups (broad SMARTS) is 1. The first-order chi connectivity index (χ1) is 24.3. The van der Waals surface area contributed by atoms with E-state index in [4.69, 9.17) is 14.5 Å². The molecule has 2 aromatic carbocycles. The van der Waals surface area contributed by atoms with Gasteiger partial charge in [0.15, 0.2) is 0 Å². The highest BCUT2D eigenvalue weighted by atomic mass is 16.6. The molecule has 0 saturated carbocycles. The van der Waals surface area contributed by atoms with Crippen LogP contribution in [0.1, 0.15) is 33.4 Å². The van der Waals surface area contributed by atoms with Gasteiger partial charge in [-0.25, -0.2) is 19.6 Å². The number of nitrogens with zero attached hydrogens (tertiary/aromatic N) is 5. The number of anilines is 4. The van der Waals surface area contributed by atoms with Gasteiger partial charge in [0.05, 0.1) is 54.9 Å². The van der Waals surface area contributed by atoms with E-state index < -0.39 is 18.1 Å². The first-order valence-corrected chi connectivity index (χ1v) is 16.4. The van der Waals surface area contributed by atoms with Gasteiger partial charge in [0.25, 0.3) is 0 Å². The number of carbonyl (C=O) groups excluding carboxylic acids is 2. The Kier molecular flexibility index (Phi) is 12.8. The van der Waals surface area contributed by atoms with E-state index in [-0.39, 0.29) is 18.7 Å². The Morgan fingerprint density at radius 2 is 1.88 bits per heavy atom. The summed E-state index contributed by atoms with van der Waals surface area (Å²) < 4.78 is 18.2. The van der Waals surface area contributed by atoms with Gasteiger partial charge in [0, 0.05) is 61.5 Å². The highest BCUT2D eigenvalue weighted by Gasteiger charge is 2.23. The molecule has 4 aromatic rings. The number of carbonyl (C=O) groups is 3. The lowest BCUT2D eigenvalue weighted by Gasteiger charge is -2.29. The summed E-state index contributed by atoms with van der Waals surface area (Å²) in [5.41, 5.74) is 10.2. The molecule has 1 aliphatic heterocycles. The summed E-state index contributed by atoms with van der Waals surface area (Å²) in [6.07, 6.45) is 1.08. The number of methoxy groups -OCH3 is 1. The van der Waals surface area contributed by atoms with Crippen molar-refractivity contribution in [3.8, 4) is 17.0 Å². The number of likely N-dealkylation sites (N-methyl/N-ethyl adjacent to an activating group) is 1. The van der Waals surface area contributed by atoms with Crippen LogP contribution < -0.4 is 26.0 Å². The van der Waals surface area contributed by atoms with Crippen LogP contribution >= 0.6 is 0 Å². The molecule has 51 heavy (non-hydrogen) atoms. The number of benzene rings is 2. The molecule has 5 rings (SSSR count). The summed E-state index contributed by atoms with van der Waals surface area (Å²) in [6, 6.07) is 13.5. The summed E-state index contributed by atoms with van der Waals surface area (Å²) in [6.45, 7) is 13.3. The summed E-state index contributed by atoms with van der Waals surface area (Å²) in [7, 11) is 3.37. The molecule has 272 valence electrons. The molecule has 1 aliphatic rings. The number of para-hydroxylation sites is 1. The lowest BCUT2D eigenvalue weighted by atomic mass is 10.1. The quantitative estimate of drug-likeness (QED) is 0.130. The number of ether oxygens (including phenoxy) is 3. The number of fused-ring (bicyclic) bond motifs is 3. The van der Waals surface area contributed by atoms with Gasteiger partial charge < -0.3 is 50.1 Å². The first kappa shape index (κ1) is 38.0. The van der Waals surface area contributed by atoms with Crippen LogP contribution in [0, 0.1) is 0 Å². The van der Waals surface area contributed by atoms with E-state index >= 15 is 0 Å². The van der Waals surface area contributed by atoms with Crippen LogP contribution in [0.5, 0.6) is 5.75 Å². The summed E-state index contributed by atoms with van der Waals surface area (Å²) in [4.78, 5) is 46.5. The van der Waals surface area contributed by atoms with Crippen LogP contribution in [0.4, 0.5) is 32.6 Å². The number of primary amides is 1. The van der Waals surface area contributed by atoms with Crippen molar-refractivity contribution < 1.29 is 33.7 Å². The van der Waals surface area contributed by atoms with Crippen molar-refractivity contribution in [1.29, 1.82) is 0 Å². The van der Waals surface area contributed by atoms with E-state index in [0.717, 1.165) is 34.4 Å². The van der Waals surface area contributed by atoms with Crippen LogP contribution in [0.15, 0.2) is 61.3 Å². The molecule has 0 saturated heterocycles. The van der Waals surface area contributed by atoms with Gasteiger partial charge in [0.2, 0.25) is 11.9 Å². The Hall–Kier alpha value is -5.83. The molecule has 0 atom stereocenters. The Morgan fingerprint density at radius 3 is 2.51 bits per heavy atom. The van der Waals surface area contributed by atoms with Crippen LogP contribution in [0.3, 0.4) is 0 Å². The monoisotopic (exact) mass is 702 g/mol. The molecule has 3 heterocycles. The maximum Gasteiger partial charge on any atom is 0.407 e. The van der Waals surface area contributed by atoms with Gasteiger partial charge >= 0.3 is 12.2 Å². The lowest BCUT2D eigenvalue weighted by Crippen LogP contribution is -2.41. The van der Waals surface area contributed by atoms with Gasteiger partial charge in [-0.05, 0) is 52.0 Å². The second kappa shape index (κ2) is 17.2. The van der Waals surface area contributed by atoms with Crippen molar-refractivity contribution in [2.75, 3.05) is 49.4 Å². The minimum Gasteiger partial charge on any atom is -0.494 e. The largest absolute Gasteiger partial charge is 0.494 e. The Labute approximate surface area is 297 Å². The predicted octanol–water partition coefficient (Wildman–Crippen LogP) is 5.82. The zero-order chi connectivity index (χ0) is 37.2. The molecule has 15 nitrogen and oxygen atoms in total. The highest BCUT2D eigenvalue weighted by Crippen LogP contribution is 2.39. The molecule has 0 aliphatic carbocycles. The van der Waals surface area contributed by atoms with Crippen molar-refractivity contribution in [2.24, 2.45) is 5.73 Å². The Balaban J connectivity index is 0.000000755. The van der Waals surface area contributed by atoms with Gasteiger partial charge in [-0.2, -0.15) is 0 Å². The molecule has 0 radical (unpaired) electrons. The molecular weight excluding hydrogens is 656 g/mol. The third-order valence-electron chi connectivity index (χ3n) is 8.00. The SMILES string of the molecule is C=CC(=O)Nc1cc(Nc2nccc(-c3c4n(c5ccccc35)CCOC4)n2)c(OC)cc1N(C)CCN(C(=O)O)C(C)C.CC(C)OC(N)=O. The Morgan fingerprint density at radius 1 is 1.14 bits per heavy atom. The number of nitrogens with two attached hydrogens (primary N) is 1. The van der Waals surface area contributed by atoms with Gasteiger partial charge in [-0.1, -0.05) is 24.8 Å². The number of nitrogens with one attached hydrogen (secondary N) is 2.